The molecule has 7 nitrogen and oxygen atoms in total. The minimum Gasteiger partial charge on any atom is -0.448 e. The van der Waals surface area contributed by atoms with Gasteiger partial charge in [-0.15, -0.1) is 0 Å². The Morgan fingerprint density at radius 2 is 2.24 bits per heavy atom. The van der Waals surface area contributed by atoms with Crippen LogP contribution in [0.5, 0.6) is 0 Å². The predicted molar refractivity (Wildman–Crippen MR) is 94.5 cm³/mol. The van der Waals surface area contributed by atoms with Crippen molar-refractivity contribution in [2.24, 2.45) is 0 Å². The molecule has 2 aromatic heterocycles. The number of carbonyl (C=O) groups is 1. The van der Waals surface area contributed by atoms with Crippen molar-refractivity contribution in [1.29, 1.82) is 0 Å². The fraction of sp³-hybridized carbons (Fsp3) is 0.611. The number of likely N-dealkylation sites (tertiary alicyclic amines) is 1. The smallest absolute Gasteiger partial charge is 0.276 e. The molecule has 25 heavy (non-hydrogen) atoms. The number of amides is 1. The van der Waals surface area contributed by atoms with Crippen LogP contribution in [0.4, 0.5) is 0 Å². The molecular formula is C18H27N5O2. The lowest BCUT2D eigenvalue weighted by atomic mass is 9.96. The van der Waals surface area contributed by atoms with Gasteiger partial charge < -0.3 is 18.8 Å². The van der Waals surface area contributed by atoms with E-state index in [0.717, 1.165) is 44.7 Å². The molecule has 136 valence electrons. The van der Waals surface area contributed by atoms with Crippen molar-refractivity contribution >= 4 is 5.91 Å². The first-order valence-electron chi connectivity index (χ1n) is 8.91. The second-order valence-electron chi connectivity index (χ2n) is 6.98. The quantitative estimate of drug-likeness (QED) is 0.802. The number of aromatic nitrogens is 3. The summed E-state index contributed by atoms with van der Waals surface area (Å²) in [5.74, 6) is 1.91. The summed E-state index contributed by atoms with van der Waals surface area (Å²) in [6.45, 7) is 5.25. The van der Waals surface area contributed by atoms with Gasteiger partial charge in [0.2, 0.25) is 0 Å². The van der Waals surface area contributed by atoms with Gasteiger partial charge in [0.25, 0.3) is 5.91 Å². The molecule has 0 spiro atoms. The fourth-order valence-electron chi connectivity index (χ4n) is 3.46. The number of oxazole rings is 1. The van der Waals surface area contributed by atoms with Crippen LogP contribution in [0.1, 0.15) is 47.3 Å². The largest absolute Gasteiger partial charge is 0.448 e. The molecule has 0 aromatic carbocycles. The van der Waals surface area contributed by atoms with Crippen LogP contribution in [-0.4, -0.2) is 64.0 Å². The molecule has 1 aliphatic rings. The third-order valence-corrected chi connectivity index (χ3v) is 4.77. The number of nitrogens with zero attached hydrogens (tertiary/aromatic N) is 5. The minimum absolute atomic E-state index is 0.0401. The van der Waals surface area contributed by atoms with E-state index in [1.54, 1.807) is 6.92 Å². The zero-order chi connectivity index (χ0) is 17.8. The normalized spacial score (nSPS) is 18.1. The van der Waals surface area contributed by atoms with E-state index in [1.807, 2.05) is 17.3 Å². The number of carbonyl (C=O) groups excluding carboxylic acids is 1. The Bertz CT molecular complexity index is 706. The molecule has 1 aliphatic heterocycles. The maximum absolute atomic E-state index is 12.7. The summed E-state index contributed by atoms with van der Waals surface area (Å²) in [5.41, 5.74) is 0.426. The highest BCUT2D eigenvalue weighted by Crippen LogP contribution is 2.27. The molecule has 1 amide bonds. The maximum Gasteiger partial charge on any atom is 0.276 e. The highest BCUT2D eigenvalue weighted by atomic mass is 16.3. The van der Waals surface area contributed by atoms with Crippen LogP contribution in [0.15, 0.2) is 23.2 Å². The predicted octanol–water partition coefficient (Wildman–Crippen LogP) is 2.15. The Hall–Kier alpha value is -2.15. The van der Waals surface area contributed by atoms with Crippen LogP contribution in [-0.2, 0) is 6.54 Å². The van der Waals surface area contributed by atoms with Crippen LogP contribution in [0.3, 0.4) is 0 Å². The SMILES string of the molecule is Cc1ocnc1C(=O)N1CCC[C@H](c2nccn2CCCN(C)C)C1. The average molecular weight is 345 g/mol. The van der Waals surface area contributed by atoms with Gasteiger partial charge >= 0.3 is 0 Å². The van der Waals surface area contributed by atoms with Gasteiger partial charge in [-0.3, -0.25) is 4.79 Å². The van der Waals surface area contributed by atoms with Crippen LogP contribution in [0, 0.1) is 6.92 Å². The minimum atomic E-state index is -0.0401. The van der Waals surface area contributed by atoms with Gasteiger partial charge in [-0.1, -0.05) is 0 Å². The second kappa shape index (κ2) is 7.82. The summed E-state index contributed by atoms with van der Waals surface area (Å²) in [6.07, 6.45) is 8.39. The van der Waals surface area contributed by atoms with Crippen molar-refractivity contribution in [3.63, 3.8) is 0 Å². The third-order valence-electron chi connectivity index (χ3n) is 4.77. The molecular weight excluding hydrogens is 318 g/mol. The monoisotopic (exact) mass is 345 g/mol. The summed E-state index contributed by atoms with van der Waals surface area (Å²) >= 11 is 0. The van der Waals surface area contributed by atoms with E-state index in [9.17, 15) is 4.79 Å². The van der Waals surface area contributed by atoms with Crippen molar-refractivity contribution in [2.75, 3.05) is 33.7 Å². The molecule has 0 N–H and O–H groups in total. The molecule has 1 fully saturated rings. The van der Waals surface area contributed by atoms with Crippen molar-refractivity contribution < 1.29 is 9.21 Å². The molecule has 7 heteroatoms. The van der Waals surface area contributed by atoms with Gasteiger partial charge in [0.15, 0.2) is 12.1 Å². The summed E-state index contributed by atoms with van der Waals surface area (Å²) in [7, 11) is 4.18. The highest BCUT2D eigenvalue weighted by molar-refractivity contribution is 5.93. The van der Waals surface area contributed by atoms with E-state index in [1.165, 1.54) is 6.39 Å². The van der Waals surface area contributed by atoms with Crippen LogP contribution < -0.4 is 0 Å². The molecule has 0 unspecified atom stereocenters. The maximum atomic E-state index is 12.7. The van der Waals surface area contributed by atoms with E-state index >= 15 is 0 Å². The average Bonchev–Trinajstić information content (AvgIpc) is 3.23. The van der Waals surface area contributed by atoms with E-state index < -0.39 is 0 Å². The first-order chi connectivity index (χ1) is 12.1. The van der Waals surface area contributed by atoms with Gasteiger partial charge in [-0.05, 0) is 46.8 Å². The summed E-state index contributed by atoms with van der Waals surface area (Å²) in [6, 6.07) is 0. The first kappa shape index (κ1) is 17.7. The highest BCUT2D eigenvalue weighted by Gasteiger charge is 2.29. The van der Waals surface area contributed by atoms with E-state index in [2.05, 4.69) is 33.5 Å². The third kappa shape index (κ3) is 4.10. The number of hydrogen-bond donors (Lipinski definition) is 0. The summed E-state index contributed by atoms with van der Waals surface area (Å²) in [4.78, 5) is 25.4. The van der Waals surface area contributed by atoms with Gasteiger partial charge in [-0.2, -0.15) is 0 Å². The van der Waals surface area contributed by atoms with E-state index in [-0.39, 0.29) is 11.8 Å². The lowest BCUT2D eigenvalue weighted by Crippen LogP contribution is -2.40. The van der Waals surface area contributed by atoms with Crippen LogP contribution in [0.25, 0.3) is 0 Å². The molecule has 1 saturated heterocycles. The van der Waals surface area contributed by atoms with E-state index in [0.29, 0.717) is 18.0 Å². The fourth-order valence-corrected chi connectivity index (χ4v) is 3.46. The Morgan fingerprint density at radius 1 is 1.40 bits per heavy atom. The van der Waals surface area contributed by atoms with Gasteiger partial charge in [0, 0.05) is 37.9 Å². The van der Waals surface area contributed by atoms with Gasteiger partial charge in [0.1, 0.15) is 11.6 Å². The number of imidazole rings is 1. The van der Waals surface area contributed by atoms with Crippen LogP contribution >= 0.6 is 0 Å². The Kier molecular flexibility index (Phi) is 5.53. The lowest BCUT2D eigenvalue weighted by Gasteiger charge is -2.32. The summed E-state index contributed by atoms with van der Waals surface area (Å²) < 4.78 is 7.42. The zero-order valence-corrected chi connectivity index (χ0v) is 15.3. The van der Waals surface area contributed by atoms with Gasteiger partial charge in [-0.25, -0.2) is 9.97 Å². The van der Waals surface area contributed by atoms with Crippen molar-refractivity contribution in [3.05, 3.63) is 36.1 Å². The Labute approximate surface area is 148 Å². The Balaban J connectivity index is 1.67. The molecule has 3 heterocycles. The zero-order valence-electron chi connectivity index (χ0n) is 15.3. The van der Waals surface area contributed by atoms with Crippen molar-refractivity contribution in [1.82, 2.24) is 24.3 Å². The Morgan fingerprint density at radius 3 is 2.96 bits per heavy atom. The summed E-state index contributed by atoms with van der Waals surface area (Å²) in [5, 5.41) is 0. The molecule has 0 radical (unpaired) electrons. The standard InChI is InChI=1S/C18H27N5O2/c1-14-16(20-13-25-14)18(24)23-9-4-6-15(12-23)17-19-7-11-22(17)10-5-8-21(2)3/h7,11,13,15H,4-6,8-10,12H2,1-3H3/t15-/m0/s1. The molecule has 0 saturated carbocycles. The molecule has 2 aromatic rings. The number of hydrogen-bond acceptors (Lipinski definition) is 5. The first-order valence-corrected chi connectivity index (χ1v) is 8.91. The number of piperidine rings is 1. The van der Waals surface area contributed by atoms with Crippen molar-refractivity contribution in [3.8, 4) is 0 Å². The molecule has 3 rings (SSSR count). The number of rotatable bonds is 6. The van der Waals surface area contributed by atoms with Gasteiger partial charge in [0.05, 0.1) is 0 Å². The second-order valence-corrected chi connectivity index (χ2v) is 6.98. The number of aryl methyl sites for hydroxylation is 2. The topological polar surface area (TPSA) is 67.4 Å². The lowest BCUT2D eigenvalue weighted by molar-refractivity contribution is 0.0696. The molecule has 1 atom stereocenters. The molecule has 0 aliphatic carbocycles. The molecule has 0 bridgehead atoms. The van der Waals surface area contributed by atoms with Crippen molar-refractivity contribution in [2.45, 2.75) is 38.6 Å². The van der Waals surface area contributed by atoms with Crippen LogP contribution in [0.2, 0.25) is 0 Å². The van der Waals surface area contributed by atoms with E-state index in [4.69, 9.17) is 4.42 Å².